The van der Waals surface area contributed by atoms with E-state index in [1.54, 1.807) is 23.4 Å². The van der Waals surface area contributed by atoms with Crippen molar-refractivity contribution in [3.8, 4) is 0 Å². The molecule has 0 aliphatic rings. The van der Waals surface area contributed by atoms with E-state index in [1.807, 2.05) is 11.5 Å². The van der Waals surface area contributed by atoms with Crippen molar-refractivity contribution in [2.45, 2.75) is 32.5 Å². The molecule has 0 aliphatic carbocycles. The molecule has 1 atom stereocenters. The molecule has 0 aromatic carbocycles. The Morgan fingerprint density at radius 2 is 2.37 bits per heavy atom. The zero-order valence-electron chi connectivity index (χ0n) is 10.6. The second kappa shape index (κ2) is 5.61. The number of nitrogens with zero attached hydrogens (tertiary/aromatic N) is 5. The molecule has 0 spiro atoms. The standard InChI is InChI=1S/C11H16N6O2/c1-2-16-7-13-4-9(16)6-17-5-8(14-15-17)3-10(12)11(18)19/h4-5,7,10H,2-3,6,12H2,1H3,(H,18,19). The maximum absolute atomic E-state index is 10.7. The van der Waals surface area contributed by atoms with Gasteiger partial charge in [-0.2, -0.15) is 0 Å². The van der Waals surface area contributed by atoms with Gasteiger partial charge in [-0.1, -0.05) is 5.21 Å². The van der Waals surface area contributed by atoms with Gasteiger partial charge in [0.1, 0.15) is 6.04 Å². The van der Waals surface area contributed by atoms with Crippen LogP contribution in [-0.2, 0) is 24.3 Å². The lowest BCUT2D eigenvalue weighted by molar-refractivity contribution is -0.138. The summed E-state index contributed by atoms with van der Waals surface area (Å²) in [6.45, 7) is 3.41. The van der Waals surface area contributed by atoms with Gasteiger partial charge >= 0.3 is 5.97 Å². The number of hydrogen-bond donors (Lipinski definition) is 2. The van der Waals surface area contributed by atoms with Crippen molar-refractivity contribution in [2.75, 3.05) is 0 Å². The summed E-state index contributed by atoms with van der Waals surface area (Å²) in [7, 11) is 0. The first-order valence-corrected chi connectivity index (χ1v) is 5.96. The van der Waals surface area contributed by atoms with Crippen molar-refractivity contribution in [3.05, 3.63) is 30.1 Å². The molecule has 0 aliphatic heterocycles. The number of rotatable bonds is 6. The minimum atomic E-state index is -1.04. The van der Waals surface area contributed by atoms with E-state index in [-0.39, 0.29) is 6.42 Å². The fourth-order valence-corrected chi connectivity index (χ4v) is 1.75. The molecule has 0 fully saturated rings. The lowest BCUT2D eigenvalue weighted by atomic mass is 10.2. The Kier molecular flexibility index (Phi) is 3.91. The van der Waals surface area contributed by atoms with Crippen LogP contribution in [0.4, 0.5) is 0 Å². The van der Waals surface area contributed by atoms with Gasteiger partial charge in [0.05, 0.1) is 30.5 Å². The number of carboxylic acid groups (broad SMARTS) is 1. The number of carboxylic acids is 1. The molecule has 8 nitrogen and oxygen atoms in total. The van der Waals surface area contributed by atoms with Gasteiger partial charge in [-0.05, 0) is 6.92 Å². The highest BCUT2D eigenvalue weighted by Crippen LogP contribution is 2.04. The lowest BCUT2D eigenvalue weighted by Crippen LogP contribution is -2.32. The minimum absolute atomic E-state index is 0.169. The van der Waals surface area contributed by atoms with E-state index in [0.29, 0.717) is 12.2 Å². The largest absolute Gasteiger partial charge is 0.480 e. The summed E-state index contributed by atoms with van der Waals surface area (Å²) in [5.41, 5.74) is 7.03. The Labute approximate surface area is 109 Å². The average molecular weight is 264 g/mol. The molecule has 2 heterocycles. The Balaban J connectivity index is 2.03. The third-order valence-electron chi connectivity index (χ3n) is 2.80. The summed E-state index contributed by atoms with van der Waals surface area (Å²) < 4.78 is 3.65. The fourth-order valence-electron chi connectivity index (χ4n) is 1.75. The highest BCUT2D eigenvalue weighted by Gasteiger charge is 2.14. The molecule has 2 aromatic heterocycles. The van der Waals surface area contributed by atoms with Crippen molar-refractivity contribution in [3.63, 3.8) is 0 Å². The maximum atomic E-state index is 10.7. The molecule has 0 amide bonds. The molecule has 2 rings (SSSR count). The van der Waals surface area contributed by atoms with E-state index in [1.165, 1.54) is 0 Å². The van der Waals surface area contributed by atoms with Crippen molar-refractivity contribution in [2.24, 2.45) is 5.73 Å². The predicted molar refractivity (Wildman–Crippen MR) is 66.3 cm³/mol. The SMILES string of the molecule is CCn1cncc1Cn1cc(CC(N)C(=O)O)nn1. The lowest BCUT2D eigenvalue weighted by Gasteiger charge is -2.04. The topological polar surface area (TPSA) is 112 Å². The van der Waals surface area contributed by atoms with E-state index in [2.05, 4.69) is 15.3 Å². The first-order chi connectivity index (χ1) is 9.10. The quantitative estimate of drug-likeness (QED) is 0.727. The monoisotopic (exact) mass is 264 g/mol. The van der Waals surface area contributed by atoms with Gasteiger partial charge in [0.15, 0.2) is 0 Å². The molecule has 0 saturated carbocycles. The predicted octanol–water partition coefficient (Wildman–Crippen LogP) is -0.503. The number of nitrogens with two attached hydrogens (primary N) is 1. The smallest absolute Gasteiger partial charge is 0.320 e. The molecule has 8 heteroatoms. The number of hydrogen-bond acceptors (Lipinski definition) is 5. The first kappa shape index (κ1) is 13.2. The molecule has 19 heavy (non-hydrogen) atoms. The molecule has 2 aromatic rings. The van der Waals surface area contributed by atoms with E-state index in [9.17, 15) is 4.79 Å². The van der Waals surface area contributed by atoms with Crippen LogP contribution in [0.15, 0.2) is 18.7 Å². The highest BCUT2D eigenvalue weighted by atomic mass is 16.4. The van der Waals surface area contributed by atoms with Gasteiger partial charge in [0, 0.05) is 19.2 Å². The van der Waals surface area contributed by atoms with Crippen molar-refractivity contribution in [1.29, 1.82) is 0 Å². The molecule has 0 radical (unpaired) electrons. The minimum Gasteiger partial charge on any atom is -0.480 e. The van der Waals surface area contributed by atoms with E-state index < -0.39 is 12.0 Å². The summed E-state index contributed by atoms with van der Waals surface area (Å²) in [5.74, 6) is -1.04. The van der Waals surface area contributed by atoms with Crippen molar-refractivity contribution >= 4 is 5.97 Å². The molecular weight excluding hydrogens is 248 g/mol. The number of imidazole rings is 1. The van der Waals surface area contributed by atoms with Crippen LogP contribution in [0.3, 0.4) is 0 Å². The van der Waals surface area contributed by atoms with Gasteiger partial charge in [-0.15, -0.1) is 5.10 Å². The Morgan fingerprint density at radius 1 is 1.58 bits per heavy atom. The molecule has 3 N–H and O–H groups in total. The number of aryl methyl sites for hydroxylation is 1. The molecule has 0 saturated heterocycles. The van der Waals surface area contributed by atoms with Gasteiger partial charge in [-0.25, -0.2) is 9.67 Å². The van der Waals surface area contributed by atoms with Crippen molar-refractivity contribution in [1.82, 2.24) is 24.5 Å². The van der Waals surface area contributed by atoms with Crippen LogP contribution in [0.1, 0.15) is 18.3 Å². The van der Waals surface area contributed by atoms with E-state index in [0.717, 1.165) is 12.2 Å². The van der Waals surface area contributed by atoms with Crippen LogP contribution >= 0.6 is 0 Å². The van der Waals surface area contributed by atoms with Crippen LogP contribution in [0.25, 0.3) is 0 Å². The van der Waals surface area contributed by atoms with Crippen molar-refractivity contribution < 1.29 is 9.90 Å². The highest BCUT2D eigenvalue weighted by molar-refractivity contribution is 5.73. The summed E-state index contributed by atoms with van der Waals surface area (Å²) in [6.07, 6.45) is 5.40. The Bertz CT molecular complexity index is 561. The zero-order chi connectivity index (χ0) is 13.8. The summed E-state index contributed by atoms with van der Waals surface area (Å²) in [6, 6.07) is -0.952. The van der Waals surface area contributed by atoms with E-state index >= 15 is 0 Å². The number of carbonyl (C=O) groups is 1. The summed E-state index contributed by atoms with van der Waals surface area (Å²) >= 11 is 0. The normalized spacial score (nSPS) is 12.5. The van der Waals surface area contributed by atoms with E-state index in [4.69, 9.17) is 10.8 Å². The van der Waals surface area contributed by atoms with Gasteiger partial charge in [-0.3, -0.25) is 4.79 Å². The third kappa shape index (κ3) is 3.16. The van der Waals surface area contributed by atoms with Crippen LogP contribution in [0, 0.1) is 0 Å². The zero-order valence-corrected chi connectivity index (χ0v) is 10.6. The first-order valence-electron chi connectivity index (χ1n) is 5.96. The average Bonchev–Trinajstić information content (AvgIpc) is 2.99. The molecule has 0 bridgehead atoms. The van der Waals surface area contributed by atoms with Gasteiger partial charge in [0.2, 0.25) is 0 Å². The molecular formula is C11H16N6O2. The Morgan fingerprint density at radius 3 is 3.05 bits per heavy atom. The second-order valence-corrected chi connectivity index (χ2v) is 4.23. The molecule has 1 unspecified atom stereocenters. The summed E-state index contributed by atoms with van der Waals surface area (Å²) in [4.78, 5) is 14.7. The molecule has 102 valence electrons. The van der Waals surface area contributed by atoms with Gasteiger partial charge < -0.3 is 15.4 Å². The second-order valence-electron chi connectivity index (χ2n) is 4.23. The third-order valence-corrected chi connectivity index (χ3v) is 2.80. The van der Waals surface area contributed by atoms with Crippen LogP contribution < -0.4 is 5.73 Å². The number of aliphatic carboxylic acids is 1. The summed E-state index contributed by atoms with van der Waals surface area (Å²) in [5, 5.41) is 16.6. The van der Waals surface area contributed by atoms with Crippen LogP contribution in [0.2, 0.25) is 0 Å². The van der Waals surface area contributed by atoms with Gasteiger partial charge in [0.25, 0.3) is 0 Å². The Hall–Kier alpha value is -2.22. The van der Waals surface area contributed by atoms with Crippen LogP contribution in [-0.4, -0.2) is 41.7 Å². The van der Waals surface area contributed by atoms with Crippen LogP contribution in [0.5, 0.6) is 0 Å². The number of aromatic nitrogens is 5. The maximum Gasteiger partial charge on any atom is 0.320 e. The fraction of sp³-hybridized carbons (Fsp3) is 0.455.